The minimum Gasteiger partial charge on any atom is -0.493 e. The molecule has 3 heterocycles. The number of benzene rings is 1. The fourth-order valence-electron chi connectivity index (χ4n) is 3.55. The predicted octanol–water partition coefficient (Wildman–Crippen LogP) is 2.12. The van der Waals surface area contributed by atoms with Crippen LogP contribution >= 0.6 is 0 Å². The lowest BCUT2D eigenvalue weighted by atomic mass is 10.1. The van der Waals surface area contributed by atoms with E-state index in [2.05, 4.69) is 15.4 Å². The summed E-state index contributed by atoms with van der Waals surface area (Å²) in [7, 11) is 4.82. The highest BCUT2D eigenvalue weighted by molar-refractivity contribution is 5.95. The van der Waals surface area contributed by atoms with E-state index in [4.69, 9.17) is 14.9 Å². The number of nitrogens with zero attached hydrogens (tertiary/aromatic N) is 5. The number of hydrogen-bond acceptors (Lipinski definition) is 7. The minimum atomic E-state index is -0.240. The Balaban J connectivity index is 1.51. The van der Waals surface area contributed by atoms with Gasteiger partial charge in [-0.25, -0.2) is 20.4 Å². The van der Waals surface area contributed by atoms with Gasteiger partial charge in [0.05, 0.1) is 26.5 Å². The number of aromatic nitrogens is 4. The van der Waals surface area contributed by atoms with Gasteiger partial charge >= 0.3 is 0 Å². The van der Waals surface area contributed by atoms with E-state index >= 15 is 0 Å². The maximum absolute atomic E-state index is 12.7. The summed E-state index contributed by atoms with van der Waals surface area (Å²) in [6, 6.07) is 12.6. The Kier molecular flexibility index (Phi) is 6.36. The number of fused-ring (bicyclic) bond motifs is 1. The van der Waals surface area contributed by atoms with Crippen LogP contribution in [-0.4, -0.2) is 46.0 Å². The van der Waals surface area contributed by atoms with Gasteiger partial charge in [0.15, 0.2) is 17.3 Å². The van der Waals surface area contributed by atoms with Crippen molar-refractivity contribution >= 4 is 17.3 Å². The fourth-order valence-corrected chi connectivity index (χ4v) is 3.55. The molecule has 0 bridgehead atoms. The largest absolute Gasteiger partial charge is 0.493 e. The third-order valence-corrected chi connectivity index (χ3v) is 5.15. The van der Waals surface area contributed by atoms with E-state index in [9.17, 15) is 4.79 Å². The zero-order chi connectivity index (χ0) is 23.4. The van der Waals surface area contributed by atoms with Crippen LogP contribution in [-0.2, 0) is 13.0 Å². The van der Waals surface area contributed by atoms with Gasteiger partial charge < -0.3 is 13.9 Å². The molecule has 0 aliphatic heterocycles. The normalized spacial score (nSPS) is 10.9. The van der Waals surface area contributed by atoms with Crippen molar-refractivity contribution < 1.29 is 9.47 Å². The van der Waals surface area contributed by atoms with Gasteiger partial charge in [0.2, 0.25) is 0 Å². The van der Waals surface area contributed by atoms with Crippen molar-refractivity contribution in [2.24, 2.45) is 0 Å². The summed E-state index contributed by atoms with van der Waals surface area (Å²) in [6.07, 6.45) is 5.56. The number of anilines is 1. The fraction of sp³-hybridized carbons (Fsp3) is 0.217. The van der Waals surface area contributed by atoms with Crippen molar-refractivity contribution in [3.63, 3.8) is 0 Å². The van der Waals surface area contributed by atoms with Crippen LogP contribution in [0.25, 0.3) is 5.65 Å². The number of nitrogens with one attached hydrogen (secondary N) is 2. The number of hydrazine groups is 1. The van der Waals surface area contributed by atoms with Crippen molar-refractivity contribution in [1.82, 2.24) is 24.4 Å². The van der Waals surface area contributed by atoms with Crippen molar-refractivity contribution in [2.45, 2.75) is 13.0 Å². The van der Waals surface area contributed by atoms with Crippen LogP contribution in [0.15, 0.2) is 66.0 Å². The van der Waals surface area contributed by atoms with Gasteiger partial charge in [-0.15, -0.1) is 0 Å². The van der Waals surface area contributed by atoms with E-state index in [0.29, 0.717) is 30.3 Å². The summed E-state index contributed by atoms with van der Waals surface area (Å²) in [6.45, 7) is 0.302. The first-order valence-electron chi connectivity index (χ1n) is 10.3. The molecule has 0 atom stereocenters. The number of hydrogen-bond donors (Lipinski definition) is 2. The van der Waals surface area contributed by atoms with Gasteiger partial charge in [-0.1, -0.05) is 12.1 Å². The Morgan fingerprint density at radius 1 is 1.15 bits per heavy atom. The predicted molar refractivity (Wildman–Crippen MR) is 125 cm³/mol. The van der Waals surface area contributed by atoms with E-state index in [1.807, 2.05) is 47.1 Å². The molecule has 0 amide bonds. The lowest BCUT2D eigenvalue weighted by molar-refractivity contribution is 0.354. The second kappa shape index (κ2) is 9.53. The van der Waals surface area contributed by atoms with Crippen LogP contribution in [0, 0.1) is 5.41 Å². The topological polar surface area (TPSA) is 110 Å². The standard InChI is InChI=1S/C23H25N7O3/c1-25-30(20(24)11-16-7-8-18(32-2)19(10-16)33-3)22-12-23(31)29(15-26-22)14-17-13-28-9-5-4-6-21(28)27-17/h4-10,12-13,15,24-25H,11,14H2,1-3H3. The lowest BCUT2D eigenvalue weighted by Gasteiger charge is -2.23. The van der Waals surface area contributed by atoms with Gasteiger partial charge in [-0.05, 0) is 29.8 Å². The molecule has 33 heavy (non-hydrogen) atoms. The highest BCUT2D eigenvalue weighted by Gasteiger charge is 2.16. The van der Waals surface area contributed by atoms with Crippen molar-refractivity contribution in [3.05, 3.63) is 82.8 Å². The van der Waals surface area contributed by atoms with Crippen LogP contribution in [0.2, 0.25) is 0 Å². The number of methoxy groups -OCH3 is 2. The number of pyridine rings is 1. The van der Waals surface area contributed by atoms with Gasteiger partial charge in [0.25, 0.3) is 5.56 Å². The molecule has 0 saturated heterocycles. The summed E-state index contributed by atoms with van der Waals surface area (Å²) in [4.78, 5) is 21.7. The Bertz CT molecular complexity index is 1310. The van der Waals surface area contributed by atoms with E-state index in [-0.39, 0.29) is 11.4 Å². The van der Waals surface area contributed by atoms with Crippen molar-refractivity contribution in [1.29, 1.82) is 5.41 Å². The summed E-state index contributed by atoms with van der Waals surface area (Å²) >= 11 is 0. The Morgan fingerprint density at radius 3 is 2.67 bits per heavy atom. The summed E-state index contributed by atoms with van der Waals surface area (Å²) in [5.41, 5.74) is 5.12. The van der Waals surface area contributed by atoms with Crippen LogP contribution in [0.4, 0.5) is 5.82 Å². The summed E-state index contributed by atoms with van der Waals surface area (Å²) in [5, 5.41) is 10.0. The molecule has 10 heteroatoms. The molecule has 0 saturated carbocycles. The molecule has 0 aliphatic rings. The molecule has 4 rings (SSSR count). The number of ether oxygens (including phenoxy) is 2. The molecule has 0 aliphatic carbocycles. The molecule has 0 unspecified atom stereocenters. The zero-order valence-electron chi connectivity index (χ0n) is 18.6. The highest BCUT2D eigenvalue weighted by atomic mass is 16.5. The molecular formula is C23H25N7O3. The molecule has 0 fully saturated rings. The molecule has 2 N–H and O–H groups in total. The molecular weight excluding hydrogens is 422 g/mol. The third kappa shape index (κ3) is 4.70. The Morgan fingerprint density at radius 2 is 1.97 bits per heavy atom. The van der Waals surface area contributed by atoms with E-state index in [1.54, 1.807) is 27.3 Å². The van der Waals surface area contributed by atoms with Gasteiger partial charge in [0.1, 0.15) is 17.8 Å². The smallest absolute Gasteiger partial charge is 0.255 e. The summed E-state index contributed by atoms with van der Waals surface area (Å²) < 4.78 is 14.0. The maximum Gasteiger partial charge on any atom is 0.255 e. The second-order valence-corrected chi connectivity index (χ2v) is 7.28. The minimum absolute atomic E-state index is 0.217. The molecule has 0 spiro atoms. The average Bonchev–Trinajstić information content (AvgIpc) is 3.23. The van der Waals surface area contributed by atoms with Crippen LogP contribution in [0.5, 0.6) is 11.5 Å². The zero-order valence-corrected chi connectivity index (χ0v) is 18.6. The molecule has 3 aromatic heterocycles. The Hall–Kier alpha value is -4.18. The first-order chi connectivity index (χ1) is 16.0. The molecule has 10 nitrogen and oxygen atoms in total. The molecule has 4 aromatic rings. The van der Waals surface area contributed by atoms with E-state index in [0.717, 1.165) is 16.9 Å². The third-order valence-electron chi connectivity index (χ3n) is 5.15. The molecule has 0 radical (unpaired) electrons. The maximum atomic E-state index is 12.7. The van der Waals surface area contributed by atoms with E-state index in [1.165, 1.54) is 22.0 Å². The van der Waals surface area contributed by atoms with Gasteiger partial charge in [-0.2, -0.15) is 0 Å². The average molecular weight is 447 g/mol. The number of amidine groups is 1. The van der Waals surface area contributed by atoms with Crippen molar-refractivity contribution in [2.75, 3.05) is 26.3 Å². The first kappa shape index (κ1) is 22.0. The monoisotopic (exact) mass is 447 g/mol. The quantitative estimate of drug-likeness (QED) is 0.242. The van der Waals surface area contributed by atoms with Crippen LogP contribution in [0.3, 0.4) is 0 Å². The number of rotatable bonds is 8. The lowest BCUT2D eigenvalue weighted by Crippen LogP contribution is -2.42. The van der Waals surface area contributed by atoms with Crippen LogP contribution < -0.4 is 25.5 Å². The number of imidazole rings is 1. The SMILES string of the molecule is CNN(C(=N)Cc1ccc(OC)c(OC)c1)c1cc(=O)n(Cc2cn3ccccc3n2)cn1. The summed E-state index contributed by atoms with van der Waals surface area (Å²) in [5.74, 6) is 1.76. The molecule has 170 valence electrons. The first-order valence-corrected chi connectivity index (χ1v) is 10.3. The van der Waals surface area contributed by atoms with Gasteiger partial charge in [-0.3, -0.25) is 14.8 Å². The van der Waals surface area contributed by atoms with Crippen LogP contribution in [0.1, 0.15) is 11.3 Å². The van der Waals surface area contributed by atoms with Crippen molar-refractivity contribution in [3.8, 4) is 11.5 Å². The van der Waals surface area contributed by atoms with E-state index < -0.39 is 0 Å². The Labute approximate surface area is 190 Å². The second-order valence-electron chi connectivity index (χ2n) is 7.28. The van der Waals surface area contributed by atoms with Gasteiger partial charge in [0, 0.05) is 31.9 Å². The highest BCUT2D eigenvalue weighted by Crippen LogP contribution is 2.28. The molecule has 1 aromatic carbocycles.